The summed E-state index contributed by atoms with van der Waals surface area (Å²) < 4.78 is 0. The Balaban J connectivity index is 0.00000363. The molecule has 0 unspecified atom stereocenters. The average molecular weight is 551 g/mol. The summed E-state index contributed by atoms with van der Waals surface area (Å²) in [5.74, 6) is 1.70. The third-order valence-electron chi connectivity index (χ3n) is 5.42. The minimum Gasteiger partial charge on any atom is -0.357 e. The van der Waals surface area contributed by atoms with Gasteiger partial charge in [0.1, 0.15) is 0 Å². The van der Waals surface area contributed by atoms with E-state index in [1.807, 2.05) is 18.0 Å². The van der Waals surface area contributed by atoms with Crippen LogP contribution in [0.5, 0.6) is 0 Å². The standard InChI is InChI=1S/C23H33N7O.HI/c1-4-24-22(28(3)18-20-9-6-5-8-19(20)2)27-13-10-21(31)29-14-16-30(17-15-29)23-25-11-7-12-26-23;/h5-9,11-12H,4,10,13-18H2,1-3H3,(H,24,27);1H. The van der Waals surface area contributed by atoms with E-state index in [0.717, 1.165) is 38.1 Å². The number of aryl methyl sites for hydroxylation is 1. The van der Waals surface area contributed by atoms with Crippen LogP contribution in [-0.2, 0) is 11.3 Å². The van der Waals surface area contributed by atoms with Crippen molar-refractivity contribution in [2.75, 3.05) is 51.2 Å². The summed E-state index contributed by atoms with van der Waals surface area (Å²) in [5.41, 5.74) is 2.53. The largest absolute Gasteiger partial charge is 0.357 e. The van der Waals surface area contributed by atoms with Crippen LogP contribution in [0.2, 0.25) is 0 Å². The van der Waals surface area contributed by atoms with Gasteiger partial charge in [-0.25, -0.2) is 9.97 Å². The van der Waals surface area contributed by atoms with Crippen molar-refractivity contribution < 1.29 is 4.79 Å². The quantitative estimate of drug-likeness (QED) is 0.324. The van der Waals surface area contributed by atoms with Gasteiger partial charge in [0.25, 0.3) is 0 Å². The number of benzene rings is 1. The van der Waals surface area contributed by atoms with E-state index in [9.17, 15) is 4.79 Å². The van der Waals surface area contributed by atoms with E-state index >= 15 is 0 Å². The van der Waals surface area contributed by atoms with Gasteiger partial charge in [0.2, 0.25) is 11.9 Å². The summed E-state index contributed by atoms with van der Waals surface area (Å²) in [6.07, 6.45) is 3.90. The molecule has 9 heteroatoms. The molecular formula is C23H34IN7O. The van der Waals surface area contributed by atoms with Gasteiger partial charge in [-0.05, 0) is 31.0 Å². The third-order valence-corrected chi connectivity index (χ3v) is 5.42. The predicted octanol–water partition coefficient (Wildman–Crippen LogP) is 2.54. The van der Waals surface area contributed by atoms with Crippen molar-refractivity contribution in [2.45, 2.75) is 26.8 Å². The first-order chi connectivity index (χ1) is 15.1. The molecule has 174 valence electrons. The summed E-state index contributed by atoms with van der Waals surface area (Å²) in [7, 11) is 2.03. The lowest BCUT2D eigenvalue weighted by Crippen LogP contribution is -2.49. The monoisotopic (exact) mass is 551 g/mol. The highest BCUT2D eigenvalue weighted by molar-refractivity contribution is 14.0. The smallest absolute Gasteiger partial charge is 0.225 e. The first-order valence-electron chi connectivity index (χ1n) is 10.9. The summed E-state index contributed by atoms with van der Waals surface area (Å²) in [5, 5.41) is 3.33. The van der Waals surface area contributed by atoms with Gasteiger partial charge in [0, 0.05) is 65.1 Å². The molecule has 1 aromatic heterocycles. The second-order valence-electron chi connectivity index (χ2n) is 7.68. The fourth-order valence-electron chi connectivity index (χ4n) is 3.61. The molecule has 1 amide bonds. The number of nitrogens with one attached hydrogen (secondary N) is 1. The van der Waals surface area contributed by atoms with E-state index in [1.165, 1.54) is 11.1 Å². The van der Waals surface area contributed by atoms with Crippen LogP contribution >= 0.6 is 24.0 Å². The van der Waals surface area contributed by atoms with Gasteiger partial charge in [-0.15, -0.1) is 24.0 Å². The Labute approximate surface area is 208 Å². The van der Waals surface area contributed by atoms with Crippen molar-refractivity contribution >= 4 is 41.8 Å². The SMILES string of the molecule is CCNC(=NCCC(=O)N1CCN(c2ncccn2)CC1)N(C)Cc1ccccc1C.I. The molecule has 2 aromatic rings. The number of halogens is 1. The molecule has 2 heterocycles. The number of carbonyl (C=O) groups is 1. The number of hydrogen-bond donors (Lipinski definition) is 1. The first kappa shape index (κ1) is 25.8. The molecule has 1 aliphatic heterocycles. The van der Waals surface area contributed by atoms with E-state index in [-0.39, 0.29) is 29.9 Å². The summed E-state index contributed by atoms with van der Waals surface area (Å²) >= 11 is 0. The lowest BCUT2D eigenvalue weighted by atomic mass is 10.1. The number of hydrogen-bond acceptors (Lipinski definition) is 5. The van der Waals surface area contributed by atoms with Crippen LogP contribution in [0.1, 0.15) is 24.5 Å². The summed E-state index contributed by atoms with van der Waals surface area (Å²) in [4.78, 5) is 32.1. The van der Waals surface area contributed by atoms with E-state index < -0.39 is 0 Å². The van der Waals surface area contributed by atoms with Gasteiger partial charge < -0.3 is 20.0 Å². The zero-order valence-electron chi connectivity index (χ0n) is 19.2. The highest BCUT2D eigenvalue weighted by Gasteiger charge is 2.22. The van der Waals surface area contributed by atoms with Crippen molar-refractivity contribution in [3.63, 3.8) is 0 Å². The molecule has 3 rings (SSSR count). The van der Waals surface area contributed by atoms with Crippen LogP contribution in [0.15, 0.2) is 47.7 Å². The highest BCUT2D eigenvalue weighted by Crippen LogP contribution is 2.11. The maximum atomic E-state index is 12.7. The first-order valence-corrected chi connectivity index (χ1v) is 10.9. The number of aromatic nitrogens is 2. The van der Waals surface area contributed by atoms with E-state index in [4.69, 9.17) is 4.99 Å². The minimum absolute atomic E-state index is 0. The van der Waals surface area contributed by atoms with Crippen LogP contribution in [0, 0.1) is 6.92 Å². The molecule has 1 aliphatic rings. The van der Waals surface area contributed by atoms with Gasteiger partial charge in [-0.1, -0.05) is 24.3 Å². The number of piperazine rings is 1. The molecule has 8 nitrogen and oxygen atoms in total. The maximum Gasteiger partial charge on any atom is 0.225 e. The van der Waals surface area contributed by atoms with Crippen molar-refractivity contribution in [2.24, 2.45) is 4.99 Å². The van der Waals surface area contributed by atoms with Gasteiger partial charge in [-0.2, -0.15) is 0 Å². The molecule has 1 fully saturated rings. The van der Waals surface area contributed by atoms with E-state index in [2.05, 4.69) is 63.2 Å². The molecule has 0 radical (unpaired) electrons. The number of aliphatic imine (C=N–C) groups is 1. The van der Waals surface area contributed by atoms with Crippen LogP contribution in [0.3, 0.4) is 0 Å². The molecule has 0 saturated carbocycles. The van der Waals surface area contributed by atoms with Gasteiger partial charge in [0.15, 0.2) is 5.96 Å². The second-order valence-corrected chi connectivity index (χ2v) is 7.68. The van der Waals surface area contributed by atoms with Crippen LogP contribution in [0.25, 0.3) is 0 Å². The van der Waals surface area contributed by atoms with Crippen molar-refractivity contribution in [3.8, 4) is 0 Å². The van der Waals surface area contributed by atoms with Crippen LogP contribution in [0.4, 0.5) is 5.95 Å². The molecule has 0 bridgehead atoms. The zero-order valence-corrected chi connectivity index (χ0v) is 21.5. The van der Waals surface area contributed by atoms with Crippen LogP contribution < -0.4 is 10.2 Å². The Morgan fingerprint density at radius 2 is 1.81 bits per heavy atom. The third kappa shape index (κ3) is 7.32. The predicted molar refractivity (Wildman–Crippen MR) is 139 cm³/mol. The topological polar surface area (TPSA) is 77.0 Å². The zero-order chi connectivity index (χ0) is 22.1. The Hall–Kier alpha value is -2.43. The Bertz CT molecular complexity index is 870. The molecule has 0 spiro atoms. The Kier molecular flexibility index (Phi) is 10.6. The lowest BCUT2D eigenvalue weighted by molar-refractivity contribution is -0.131. The highest BCUT2D eigenvalue weighted by atomic mass is 127. The molecular weight excluding hydrogens is 517 g/mol. The molecule has 0 aliphatic carbocycles. The normalized spacial score (nSPS) is 14.0. The number of guanidine groups is 1. The molecule has 1 N–H and O–H groups in total. The summed E-state index contributed by atoms with van der Waals surface area (Å²) in [6, 6.07) is 10.2. The number of carbonyl (C=O) groups excluding carboxylic acids is 1. The Morgan fingerprint density at radius 3 is 2.47 bits per heavy atom. The van der Waals surface area contributed by atoms with Crippen molar-refractivity contribution in [1.29, 1.82) is 0 Å². The van der Waals surface area contributed by atoms with E-state index in [1.54, 1.807) is 12.4 Å². The Morgan fingerprint density at radius 1 is 1.12 bits per heavy atom. The van der Waals surface area contributed by atoms with Gasteiger partial charge in [0.05, 0.1) is 6.54 Å². The minimum atomic E-state index is 0. The molecule has 1 aromatic carbocycles. The van der Waals surface area contributed by atoms with Crippen molar-refractivity contribution in [3.05, 3.63) is 53.9 Å². The fraction of sp³-hybridized carbons (Fsp3) is 0.478. The summed E-state index contributed by atoms with van der Waals surface area (Å²) in [6.45, 7) is 9.09. The van der Waals surface area contributed by atoms with Crippen LogP contribution in [-0.4, -0.2) is 78.0 Å². The average Bonchev–Trinajstić information content (AvgIpc) is 2.80. The van der Waals surface area contributed by atoms with Gasteiger partial charge >= 0.3 is 0 Å². The lowest BCUT2D eigenvalue weighted by Gasteiger charge is -2.34. The number of nitrogens with zero attached hydrogens (tertiary/aromatic N) is 6. The fourth-order valence-corrected chi connectivity index (χ4v) is 3.61. The molecule has 0 atom stereocenters. The van der Waals surface area contributed by atoms with E-state index in [0.29, 0.717) is 26.1 Å². The van der Waals surface area contributed by atoms with Crippen molar-refractivity contribution in [1.82, 2.24) is 25.1 Å². The number of amides is 1. The number of rotatable bonds is 7. The molecule has 32 heavy (non-hydrogen) atoms. The number of anilines is 1. The maximum absolute atomic E-state index is 12.7. The molecule has 1 saturated heterocycles. The van der Waals surface area contributed by atoms with Gasteiger partial charge in [-0.3, -0.25) is 9.79 Å². The second kappa shape index (κ2) is 13.2.